The van der Waals surface area contributed by atoms with Crippen molar-refractivity contribution in [1.29, 1.82) is 0 Å². The molecule has 1 aromatic rings. The first-order valence-electron chi connectivity index (χ1n) is 6.37. The summed E-state index contributed by atoms with van der Waals surface area (Å²) in [6.07, 6.45) is 6.00. The van der Waals surface area contributed by atoms with E-state index in [-0.39, 0.29) is 5.82 Å². The van der Waals surface area contributed by atoms with E-state index in [1.165, 1.54) is 37.2 Å². The number of carbonyl (C=O) groups is 1. The Labute approximate surface area is 112 Å². The van der Waals surface area contributed by atoms with Crippen molar-refractivity contribution >= 4 is 28.3 Å². The number of hydrogen-bond acceptors (Lipinski definition) is 5. The van der Waals surface area contributed by atoms with Gasteiger partial charge in [0.25, 0.3) is 5.91 Å². The van der Waals surface area contributed by atoms with Crippen molar-refractivity contribution in [3.05, 3.63) is 5.56 Å². The second-order valence-corrected chi connectivity index (χ2v) is 5.30. The molecule has 1 atom stereocenters. The van der Waals surface area contributed by atoms with E-state index >= 15 is 0 Å². The lowest BCUT2D eigenvalue weighted by molar-refractivity contribution is 0.100. The lowest BCUT2D eigenvalue weighted by atomic mass is 10.1. The fraction of sp³-hybridized carbons (Fsp3) is 0.667. The van der Waals surface area contributed by atoms with Crippen LogP contribution < -0.4 is 16.8 Å². The van der Waals surface area contributed by atoms with E-state index in [0.29, 0.717) is 16.6 Å². The molecule has 1 aromatic heterocycles. The summed E-state index contributed by atoms with van der Waals surface area (Å²) in [7, 11) is 0. The van der Waals surface area contributed by atoms with Gasteiger partial charge in [-0.25, -0.2) is 0 Å². The van der Waals surface area contributed by atoms with E-state index in [4.69, 9.17) is 11.5 Å². The zero-order chi connectivity index (χ0) is 13.5. The standard InChI is InChI=1S/C12H22N4OS/c1-3-4-5-6-7-8(2)15-12-9(11(14)17)10(13)16-18-12/h8,15H,3-7H2,1-2H3,(H2,13,16)(H2,14,17). The maximum absolute atomic E-state index is 11.3. The van der Waals surface area contributed by atoms with E-state index in [1.54, 1.807) is 0 Å². The van der Waals surface area contributed by atoms with Gasteiger partial charge in [0.1, 0.15) is 10.6 Å². The van der Waals surface area contributed by atoms with Crippen LogP contribution in [0.2, 0.25) is 0 Å². The third-order valence-corrected chi connectivity index (χ3v) is 3.63. The summed E-state index contributed by atoms with van der Waals surface area (Å²) >= 11 is 1.19. The molecule has 0 aliphatic heterocycles. The molecule has 18 heavy (non-hydrogen) atoms. The highest BCUT2D eigenvalue weighted by molar-refractivity contribution is 7.11. The van der Waals surface area contributed by atoms with E-state index in [0.717, 1.165) is 6.42 Å². The first-order valence-corrected chi connectivity index (χ1v) is 7.15. The van der Waals surface area contributed by atoms with Gasteiger partial charge in [0.15, 0.2) is 5.82 Å². The lowest BCUT2D eigenvalue weighted by Crippen LogP contribution is -2.19. The van der Waals surface area contributed by atoms with Gasteiger partial charge in [-0.2, -0.15) is 4.37 Å². The molecule has 102 valence electrons. The highest BCUT2D eigenvalue weighted by Gasteiger charge is 2.17. The second kappa shape index (κ2) is 7.20. The monoisotopic (exact) mass is 270 g/mol. The van der Waals surface area contributed by atoms with Crippen LogP contribution in [0.3, 0.4) is 0 Å². The Morgan fingerprint density at radius 3 is 2.78 bits per heavy atom. The van der Waals surface area contributed by atoms with Crippen molar-refractivity contribution in [3.63, 3.8) is 0 Å². The average molecular weight is 270 g/mol. The van der Waals surface area contributed by atoms with Crippen molar-refractivity contribution in [3.8, 4) is 0 Å². The predicted molar refractivity (Wildman–Crippen MR) is 76.9 cm³/mol. The Balaban J connectivity index is 2.49. The van der Waals surface area contributed by atoms with E-state index in [1.807, 2.05) is 0 Å². The van der Waals surface area contributed by atoms with Crippen LogP contribution in [0, 0.1) is 0 Å². The van der Waals surface area contributed by atoms with Gasteiger partial charge in [-0.3, -0.25) is 4.79 Å². The van der Waals surface area contributed by atoms with Crippen LogP contribution in [-0.2, 0) is 0 Å². The molecule has 1 unspecified atom stereocenters. The summed E-state index contributed by atoms with van der Waals surface area (Å²) in [5.41, 5.74) is 11.2. The molecule has 1 rings (SSSR count). The van der Waals surface area contributed by atoms with Gasteiger partial charge in [0.05, 0.1) is 0 Å². The fourth-order valence-corrected chi connectivity index (χ4v) is 2.64. The lowest BCUT2D eigenvalue weighted by Gasteiger charge is -2.13. The van der Waals surface area contributed by atoms with Gasteiger partial charge < -0.3 is 16.8 Å². The first-order chi connectivity index (χ1) is 8.56. The fourth-order valence-electron chi connectivity index (χ4n) is 1.81. The highest BCUT2D eigenvalue weighted by Crippen LogP contribution is 2.27. The molecule has 0 fully saturated rings. The molecule has 1 amide bonds. The second-order valence-electron chi connectivity index (χ2n) is 4.53. The maximum atomic E-state index is 11.3. The molecule has 0 saturated heterocycles. The number of unbranched alkanes of at least 4 members (excludes halogenated alkanes) is 3. The number of nitrogen functional groups attached to an aromatic ring is 1. The van der Waals surface area contributed by atoms with Crippen LogP contribution in [0.15, 0.2) is 0 Å². The number of aromatic nitrogens is 1. The number of anilines is 2. The zero-order valence-corrected chi connectivity index (χ0v) is 11.8. The SMILES string of the molecule is CCCCCCC(C)Nc1snc(N)c1C(N)=O. The summed E-state index contributed by atoms with van der Waals surface area (Å²) in [4.78, 5) is 11.3. The number of nitrogens with zero attached hydrogens (tertiary/aromatic N) is 1. The van der Waals surface area contributed by atoms with E-state index in [2.05, 4.69) is 23.5 Å². The molecule has 5 N–H and O–H groups in total. The van der Waals surface area contributed by atoms with Crippen molar-refractivity contribution in [2.24, 2.45) is 5.73 Å². The largest absolute Gasteiger partial charge is 0.382 e. The molecule has 0 saturated carbocycles. The molecule has 0 radical (unpaired) electrons. The molecule has 0 aliphatic rings. The van der Waals surface area contributed by atoms with Crippen LogP contribution >= 0.6 is 11.5 Å². The van der Waals surface area contributed by atoms with Crippen LogP contribution in [-0.4, -0.2) is 16.3 Å². The molecule has 0 spiro atoms. The van der Waals surface area contributed by atoms with E-state index < -0.39 is 5.91 Å². The van der Waals surface area contributed by atoms with Crippen molar-refractivity contribution in [2.45, 2.75) is 52.0 Å². The predicted octanol–water partition coefficient (Wildman–Crippen LogP) is 2.59. The van der Waals surface area contributed by atoms with Crippen LogP contribution in [0.25, 0.3) is 0 Å². The van der Waals surface area contributed by atoms with Gasteiger partial charge in [-0.15, -0.1) is 0 Å². The molecule has 6 heteroatoms. The number of nitrogens with two attached hydrogens (primary N) is 2. The molecule has 1 heterocycles. The number of primary amides is 1. The van der Waals surface area contributed by atoms with Crippen molar-refractivity contribution in [1.82, 2.24) is 4.37 Å². The number of amides is 1. The smallest absolute Gasteiger partial charge is 0.255 e. The highest BCUT2D eigenvalue weighted by atomic mass is 32.1. The number of hydrogen-bond donors (Lipinski definition) is 3. The Kier molecular flexibility index (Phi) is 5.91. The molecule has 0 aromatic carbocycles. The van der Waals surface area contributed by atoms with E-state index in [9.17, 15) is 4.79 Å². The third kappa shape index (κ3) is 4.18. The Morgan fingerprint density at radius 1 is 1.44 bits per heavy atom. The molecule has 5 nitrogen and oxygen atoms in total. The molecular formula is C12H22N4OS. The summed E-state index contributed by atoms with van der Waals surface area (Å²) in [5, 5.41) is 3.95. The van der Waals surface area contributed by atoms with Gasteiger partial charge in [0.2, 0.25) is 0 Å². The molecule has 0 bridgehead atoms. The topological polar surface area (TPSA) is 94.0 Å². The van der Waals surface area contributed by atoms with Crippen molar-refractivity contribution in [2.75, 3.05) is 11.1 Å². The van der Waals surface area contributed by atoms with Crippen LogP contribution in [0.4, 0.5) is 10.8 Å². The summed E-state index contributed by atoms with van der Waals surface area (Å²) in [6, 6.07) is 0.291. The number of nitrogens with one attached hydrogen (secondary N) is 1. The van der Waals surface area contributed by atoms with Crippen LogP contribution in [0.5, 0.6) is 0 Å². The quantitative estimate of drug-likeness (QED) is 0.633. The average Bonchev–Trinajstić information content (AvgIpc) is 2.66. The number of carbonyl (C=O) groups excluding carboxylic acids is 1. The van der Waals surface area contributed by atoms with Gasteiger partial charge in [0, 0.05) is 6.04 Å². The summed E-state index contributed by atoms with van der Waals surface area (Å²) in [6.45, 7) is 4.29. The maximum Gasteiger partial charge on any atom is 0.255 e. The first kappa shape index (κ1) is 14.8. The Bertz CT molecular complexity index is 391. The minimum Gasteiger partial charge on any atom is -0.382 e. The normalized spacial score (nSPS) is 12.3. The van der Waals surface area contributed by atoms with Gasteiger partial charge in [-0.05, 0) is 24.9 Å². The Morgan fingerprint density at radius 2 is 2.17 bits per heavy atom. The minimum absolute atomic E-state index is 0.216. The molecular weight excluding hydrogens is 248 g/mol. The third-order valence-electron chi connectivity index (χ3n) is 2.83. The van der Waals surface area contributed by atoms with Gasteiger partial charge >= 0.3 is 0 Å². The Hall–Kier alpha value is -1.30. The van der Waals surface area contributed by atoms with Crippen molar-refractivity contribution < 1.29 is 4.79 Å². The molecule has 0 aliphatic carbocycles. The minimum atomic E-state index is -0.526. The van der Waals surface area contributed by atoms with Crippen LogP contribution in [0.1, 0.15) is 56.3 Å². The number of rotatable bonds is 8. The zero-order valence-electron chi connectivity index (χ0n) is 11.0. The summed E-state index contributed by atoms with van der Waals surface area (Å²) in [5.74, 6) is -0.310. The summed E-state index contributed by atoms with van der Waals surface area (Å²) < 4.78 is 3.96. The van der Waals surface area contributed by atoms with Gasteiger partial charge in [-0.1, -0.05) is 32.6 Å².